The van der Waals surface area contributed by atoms with Crippen LogP contribution in [0, 0.1) is 21.8 Å². The molecular weight excluding hydrogens is 367 g/mol. The summed E-state index contributed by atoms with van der Waals surface area (Å²) < 4.78 is 6.51. The number of H-pyrrole nitrogens is 1. The number of benzene rings is 1. The minimum atomic E-state index is -0.240. The van der Waals surface area contributed by atoms with Crippen LogP contribution in [0.4, 0.5) is 0 Å². The fraction of sp³-hybridized carbons (Fsp3) is 0.143. The predicted octanol–water partition coefficient (Wildman–Crippen LogP) is 2.54. The normalized spacial score (nSPS) is 17.4. The highest BCUT2D eigenvalue weighted by atomic mass is 127. The molecule has 0 radical (unpaired) electrons. The molecule has 1 aliphatic heterocycles. The molecule has 6 heteroatoms. The van der Waals surface area contributed by atoms with E-state index in [1.54, 1.807) is 0 Å². The number of nitrogens with two attached hydrogens (primary N) is 1. The summed E-state index contributed by atoms with van der Waals surface area (Å²) in [6.45, 7) is 1.91. The van der Waals surface area contributed by atoms with Gasteiger partial charge < -0.3 is 10.5 Å². The van der Waals surface area contributed by atoms with Crippen molar-refractivity contribution in [2.24, 2.45) is 5.73 Å². The van der Waals surface area contributed by atoms with Gasteiger partial charge in [-0.15, -0.1) is 5.10 Å². The first-order valence-electron chi connectivity index (χ1n) is 6.00. The van der Waals surface area contributed by atoms with Gasteiger partial charge in [-0.3, -0.25) is 5.10 Å². The number of fused-ring (bicyclic) bond motifs is 1. The van der Waals surface area contributed by atoms with Gasteiger partial charge in [-0.1, -0.05) is 18.2 Å². The summed E-state index contributed by atoms with van der Waals surface area (Å²) in [6.07, 6.45) is 0. The Morgan fingerprint density at radius 1 is 1.45 bits per heavy atom. The van der Waals surface area contributed by atoms with E-state index in [2.05, 4.69) is 38.9 Å². The Bertz CT molecular complexity index is 757. The SMILES string of the molecule is Cc1[nH]nc2c1[C@@H](c1ccccc1I)C(C#N)=C(N)O2. The van der Waals surface area contributed by atoms with Crippen LogP contribution in [0.15, 0.2) is 35.7 Å². The third-order valence-electron chi connectivity index (χ3n) is 3.35. The number of nitrogens with zero attached hydrogens (tertiary/aromatic N) is 2. The summed E-state index contributed by atoms with van der Waals surface area (Å²) in [5, 5.41) is 16.4. The number of ether oxygens (including phenoxy) is 1. The first kappa shape index (κ1) is 13.0. The van der Waals surface area contributed by atoms with Gasteiger partial charge in [0.25, 0.3) is 0 Å². The van der Waals surface area contributed by atoms with Gasteiger partial charge in [-0.2, -0.15) is 5.26 Å². The maximum atomic E-state index is 9.44. The molecule has 0 amide bonds. The van der Waals surface area contributed by atoms with Crippen molar-refractivity contribution < 1.29 is 4.74 Å². The van der Waals surface area contributed by atoms with E-state index in [0.717, 1.165) is 20.4 Å². The second-order valence-electron chi connectivity index (χ2n) is 4.51. The van der Waals surface area contributed by atoms with Crippen LogP contribution in [0.25, 0.3) is 0 Å². The molecule has 2 aromatic rings. The van der Waals surface area contributed by atoms with E-state index < -0.39 is 0 Å². The number of nitriles is 1. The van der Waals surface area contributed by atoms with Crippen LogP contribution >= 0.6 is 22.6 Å². The van der Waals surface area contributed by atoms with E-state index in [4.69, 9.17) is 10.5 Å². The Morgan fingerprint density at radius 2 is 2.20 bits per heavy atom. The minimum absolute atomic E-state index is 0.121. The molecule has 1 aromatic carbocycles. The van der Waals surface area contributed by atoms with Crippen molar-refractivity contribution in [2.75, 3.05) is 0 Å². The van der Waals surface area contributed by atoms with E-state index >= 15 is 0 Å². The van der Waals surface area contributed by atoms with E-state index in [1.165, 1.54) is 0 Å². The van der Waals surface area contributed by atoms with Gasteiger partial charge in [0.15, 0.2) is 0 Å². The highest BCUT2D eigenvalue weighted by molar-refractivity contribution is 14.1. The molecule has 3 rings (SSSR count). The van der Waals surface area contributed by atoms with Crippen molar-refractivity contribution in [3.05, 3.63) is 56.1 Å². The number of rotatable bonds is 1. The van der Waals surface area contributed by atoms with Crippen LogP contribution in [0.3, 0.4) is 0 Å². The van der Waals surface area contributed by atoms with Gasteiger partial charge in [0.05, 0.1) is 5.92 Å². The number of nitrogens with one attached hydrogen (secondary N) is 1. The highest BCUT2D eigenvalue weighted by Gasteiger charge is 2.34. The Hall–Kier alpha value is -2.01. The van der Waals surface area contributed by atoms with Crippen molar-refractivity contribution in [2.45, 2.75) is 12.8 Å². The molecule has 0 spiro atoms. The van der Waals surface area contributed by atoms with Gasteiger partial charge in [-0.25, -0.2) is 0 Å². The minimum Gasteiger partial charge on any atom is -0.420 e. The number of halogens is 1. The Kier molecular flexibility index (Phi) is 3.14. The summed E-state index contributed by atoms with van der Waals surface area (Å²) in [7, 11) is 0. The van der Waals surface area contributed by atoms with E-state index in [0.29, 0.717) is 11.5 Å². The zero-order valence-corrected chi connectivity index (χ0v) is 12.8. The smallest absolute Gasteiger partial charge is 0.244 e. The molecular formula is C14H11IN4O. The molecule has 0 fully saturated rings. The van der Waals surface area contributed by atoms with Crippen LogP contribution in [0.1, 0.15) is 22.7 Å². The average molecular weight is 378 g/mol. The molecule has 1 aliphatic rings. The second kappa shape index (κ2) is 4.83. The lowest BCUT2D eigenvalue weighted by atomic mass is 9.84. The summed E-state index contributed by atoms with van der Waals surface area (Å²) in [5.74, 6) is 0.329. The van der Waals surface area contributed by atoms with Crippen molar-refractivity contribution in [1.29, 1.82) is 5.26 Å². The number of aryl methyl sites for hydroxylation is 1. The fourth-order valence-corrected chi connectivity index (χ4v) is 3.12. The zero-order chi connectivity index (χ0) is 14.3. The Balaban J connectivity index is 2.29. The van der Waals surface area contributed by atoms with Gasteiger partial charge in [0.2, 0.25) is 11.8 Å². The topological polar surface area (TPSA) is 87.7 Å². The van der Waals surface area contributed by atoms with Gasteiger partial charge in [0.1, 0.15) is 11.6 Å². The summed E-state index contributed by atoms with van der Waals surface area (Å²) in [4.78, 5) is 0. The largest absolute Gasteiger partial charge is 0.420 e. The van der Waals surface area contributed by atoms with Crippen LogP contribution in [0.5, 0.6) is 5.88 Å². The summed E-state index contributed by atoms with van der Waals surface area (Å²) in [5.41, 5.74) is 9.08. The zero-order valence-electron chi connectivity index (χ0n) is 10.6. The average Bonchev–Trinajstić information content (AvgIpc) is 2.79. The van der Waals surface area contributed by atoms with E-state index in [9.17, 15) is 5.26 Å². The van der Waals surface area contributed by atoms with Crippen molar-refractivity contribution in [3.63, 3.8) is 0 Å². The van der Waals surface area contributed by atoms with Gasteiger partial charge in [0, 0.05) is 14.8 Å². The number of allylic oxidation sites excluding steroid dienone is 1. The molecule has 0 unspecified atom stereocenters. The molecule has 3 N–H and O–H groups in total. The number of aromatic amines is 1. The van der Waals surface area contributed by atoms with Crippen LogP contribution in [-0.4, -0.2) is 10.2 Å². The lowest BCUT2D eigenvalue weighted by Crippen LogP contribution is -2.21. The molecule has 0 aliphatic carbocycles. The summed E-state index contributed by atoms with van der Waals surface area (Å²) in [6, 6.07) is 10.1. The van der Waals surface area contributed by atoms with Crippen LogP contribution in [0.2, 0.25) is 0 Å². The Labute approximate surface area is 129 Å². The Morgan fingerprint density at radius 3 is 2.90 bits per heavy atom. The molecule has 1 aromatic heterocycles. The number of hydrogen-bond acceptors (Lipinski definition) is 4. The summed E-state index contributed by atoms with van der Waals surface area (Å²) >= 11 is 2.26. The molecule has 0 bridgehead atoms. The quantitative estimate of drug-likeness (QED) is 0.747. The number of hydrogen-bond donors (Lipinski definition) is 2. The standard InChI is InChI=1S/C14H11IN4O/c1-7-11-12(8-4-2-3-5-10(8)15)9(6-16)13(17)20-14(11)19-18-7/h2-5,12H,17H2,1H3,(H,18,19)/t12-/m0/s1. The highest BCUT2D eigenvalue weighted by Crippen LogP contribution is 2.43. The lowest BCUT2D eigenvalue weighted by Gasteiger charge is -2.24. The van der Waals surface area contributed by atoms with E-state index in [-0.39, 0.29) is 11.8 Å². The first-order valence-corrected chi connectivity index (χ1v) is 7.08. The second-order valence-corrected chi connectivity index (χ2v) is 5.68. The van der Waals surface area contributed by atoms with Crippen molar-refractivity contribution >= 4 is 22.6 Å². The first-order chi connectivity index (χ1) is 9.63. The fourth-order valence-electron chi connectivity index (χ4n) is 2.42. The molecule has 5 nitrogen and oxygen atoms in total. The molecule has 0 saturated heterocycles. The maximum Gasteiger partial charge on any atom is 0.244 e. The third-order valence-corrected chi connectivity index (χ3v) is 4.33. The molecule has 0 saturated carbocycles. The van der Waals surface area contributed by atoms with Crippen LogP contribution < -0.4 is 10.5 Å². The monoisotopic (exact) mass is 378 g/mol. The maximum absolute atomic E-state index is 9.44. The molecule has 1 atom stereocenters. The van der Waals surface area contributed by atoms with Crippen LogP contribution in [-0.2, 0) is 0 Å². The van der Waals surface area contributed by atoms with Gasteiger partial charge in [-0.05, 0) is 41.1 Å². The van der Waals surface area contributed by atoms with E-state index in [1.807, 2.05) is 31.2 Å². The number of aromatic nitrogens is 2. The molecule has 20 heavy (non-hydrogen) atoms. The lowest BCUT2D eigenvalue weighted by molar-refractivity contribution is 0.378. The van der Waals surface area contributed by atoms with Gasteiger partial charge >= 0.3 is 0 Å². The van der Waals surface area contributed by atoms with Crippen molar-refractivity contribution in [1.82, 2.24) is 10.2 Å². The predicted molar refractivity (Wildman–Crippen MR) is 81.8 cm³/mol. The molecule has 100 valence electrons. The third kappa shape index (κ3) is 1.86. The van der Waals surface area contributed by atoms with Crippen molar-refractivity contribution in [3.8, 4) is 11.9 Å². The molecule has 2 heterocycles.